The van der Waals surface area contributed by atoms with Crippen LogP contribution in [0.4, 0.5) is 34.1 Å². The standard InChI is InChI=1S/C96H66BN3/c1-96(2,3)73-58-87-93-88(59-73)100(94-75(64-31-15-7-16-32-64)41-23-42-76(94)65-33-17-8-18-34-65)86-60-74(98-83-53-48-66-35-21-45-79-80-46-22-36-67-49-54-84(98)92(90(67)80)91(83)89(66)79)50-52-82(86)97(93)81-51-47-70(63-29-13-6-14-30-63)57-85(81)99(87)95-77(71-39-19-37-68(55-71)61-25-9-4-10-26-61)43-24-44-78(95)72-40-20-38-69(56-72)62-27-11-5-12-28-62/h4-60H,1-3H3. The molecule has 20 rings (SSSR count). The number of para-hydroxylation sites is 2. The van der Waals surface area contributed by atoms with Crippen LogP contribution in [0.3, 0.4) is 0 Å². The van der Waals surface area contributed by atoms with Crippen LogP contribution in [0, 0.1) is 0 Å². The summed E-state index contributed by atoms with van der Waals surface area (Å²) in [5, 5.41) is 10.4. The van der Waals surface area contributed by atoms with Crippen LogP contribution in [0.15, 0.2) is 346 Å². The summed E-state index contributed by atoms with van der Waals surface area (Å²) < 4.78 is 2.58. The third-order valence-corrected chi connectivity index (χ3v) is 21.6. The Morgan fingerprint density at radius 3 is 1.08 bits per heavy atom. The van der Waals surface area contributed by atoms with Gasteiger partial charge in [0.2, 0.25) is 0 Å². The lowest BCUT2D eigenvalue weighted by atomic mass is 9.33. The molecule has 2 aliphatic heterocycles. The quantitative estimate of drug-likeness (QED) is 0.0768. The van der Waals surface area contributed by atoms with Gasteiger partial charge in [-0.2, -0.15) is 0 Å². The fraction of sp³-hybridized carbons (Fsp3) is 0.0417. The van der Waals surface area contributed by atoms with Gasteiger partial charge in [0, 0.05) is 61.5 Å². The lowest BCUT2D eigenvalue weighted by Crippen LogP contribution is -2.61. The van der Waals surface area contributed by atoms with Crippen molar-refractivity contribution in [2.45, 2.75) is 26.2 Å². The van der Waals surface area contributed by atoms with E-state index in [0.717, 1.165) is 89.9 Å². The van der Waals surface area contributed by atoms with Crippen molar-refractivity contribution in [3.05, 3.63) is 351 Å². The zero-order valence-electron chi connectivity index (χ0n) is 55.8. The fourth-order valence-electron chi connectivity index (χ4n) is 17.0. The van der Waals surface area contributed by atoms with E-state index < -0.39 is 0 Å². The second kappa shape index (κ2) is 22.5. The fourth-order valence-corrected chi connectivity index (χ4v) is 17.0. The molecule has 100 heavy (non-hydrogen) atoms. The topological polar surface area (TPSA) is 11.4 Å². The molecule has 0 spiro atoms. The number of anilines is 6. The maximum atomic E-state index is 2.71. The van der Waals surface area contributed by atoms with E-state index in [2.05, 4.69) is 381 Å². The highest BCUT2D eigenvalue weighted by Gasteiger charge is 2.46. The largest absolute Gasteiger partial charge is 0.310 e. The molecule has 0 saturated heterocycles. The van der Waals surface area contributed by atoms with Crippen molar-refractivity contribution in [1.82, 2.24) is 4.57 Å². The Morgan fingerprint density at radius 1 is 0.260 bits per heavy atom. The van der Waals surface area contributed by atoms with E-state index in [1.54, 1.807) is 0 Å². The van der Waals surface area contributed by atoms with Gasteiger partial charge in [0.25, 0.3) is 6.71 Å². The molecule has 0 bridgehead atoms. The van der Waals surface area contributed by atoms with E-state index in [4.69, 9.17) is 0 Å². The molecule has 0 saturated carbocycles. The molecule has 0 N–H and O–H groups in total. The maximum Gasteiger partial charge on any atom is 0.252 e. The number of hydrogen-bond donors (Lipinski definition) is 0. The molecule has 0 unspecified atom stereocenters. The normalized spacial score (nSPS) is 12.7. The third-order valence-electron chi connectivity index (χ3n) is 21.6. The Hall–Kier alpha value is -12.5. The van der Waals surface area contributed by atoms with E-state index in [9.17, 15) is 0 Å². The average Bonchev–Trinajstić information content (AvgIpc) is 1.16. The van der Waals surface area contributed by atoms with Gasteiger partial charge in [0.1, 0.15) is 0 Å². The van der Waals surface area contributed by atoms with Crippen molar-refractivity contribution in [3.8, 4) is 83.6 Å². The van der Waals surface area contributed by atoms with Gasteiger partial charge >= 0.3 is 0 Å². The summed E-state index contributed by atoms with van der Waals surface area (Å²) >= 11 is 0. The van der Waals surface area contributed by atoms with E-state index in [-0.39, 0.29) is 12.1 Å². The summed E-state index contributed by atoms with van der Waals surface area (Å²) in [6, 6.07) is 130. The van der Waals surface area contributed by atoms with E-state index in [1.165, 1.54) is 104 Å². The van der Waals surface area contributed by atoms with Crippen molar-refractivity contribution >= 4 is 111 Å². The molecule has 0 fully saturated rings. The van der Waals surface area contributed by atoms with Gasteiger partial charge in [0.15, 0.2) is 0 Å². The molecule has 1 aromatic heterocycles. The van der Waals surface area contributed by atoms with Gasteiger partial charge in [-0.1, -0.05) is 312 Å². The Kier molecular flexibility index (Phi) is 13.0. The highest BCUT2D eigenvalue weighted by Crippen LogP contribution is 2.55. The Labute approximate surface area is 583 Å². The average molecular weight is 1270 g/mol. The molecule has 0 atom stereocenters. The molecule has 3 heterocycles. The minimum Gasteiger partial charge on any atom is -0.310 e. The van der Waals surface area contributed by atoms with Crippen molar-refractivity contribution in [2.24, 2.45) is 0 Å². The molecular weight excluding hydrogens is 1210 g/mol. The van der Waals surface area contributed by atoms with Crippen LogP contribution in [-0.2, 0) is 5.41 Å². The van der Waals surface area contributed by atoms with Crippen LogP contribution in [0.25, 0.3) is 138 Å². The van der Waals surface area contributed by atoms with E-state index in [0.29, 0.717) is 0 Å². The van der Waals surface area contributed by atoms with Gasteiger partial charge in [-0.05, 0) is 170 Å². The molecule has 2 aliphatic rings. The molecule has 3 nitrogen and oxygen atoms in total. The highest BCUT2D eigenvalue weighted by molar-refractivity contribution is 7.00. The van der Waals surface area contributed by atoms with Gasteiger partial charge in [-0.3, -0.25) is 0 Å². The lowest BCUT2D eigenvalue weighted by Gasteiger charge is -2.46. The van der Waals surface area contributed by atoms with Crippen LogP contribution in [0.2, 0.25) is 0 Å². The SMILES string of the molecule is CC(C)(C)c1cc2c3c(c1)N(c1c(-c4ccccc4)cccc1-c1ccccc1)c1cc(-n4c5ccc6cccc7c8cccc9ccc4c(c98)c5c67)ccc1B3c1ccc(-c3ccccc3)cc1N2c1c(-c2cccc(-c3ccccc3)c2)cccc1-c1cccc(-c2ccccc2)c1. The van der Waals surface area contributed by atoms with Crippen LogP contribution in [0.5, 0.6) is 0 Å². The predicted molar refractivity (Wildman–Crippen MR) is 426 cm³/mol. The second-order valence-corrected chi connectivity index (χ2v) is 28.3. The summed E-state index contributed by atoms with van der Waals surface area (Å²) in [6.07, 6.45) is 0. The van der Waals surface area contributed by atoms with Gasteiger partial charge in [-0.25, -0.2) is 0 Å². The number of hydrogen-bond acceptors (Lipinski definition) is 2. The number of nitrogens with zero attached hydrogens (tertiary/aromatic N) is 3. The van der Waals surface area contributed by atoms with Gasteiger partial charge in [0.05, 0.1) is 22.4 Å². The third kappa shape index (κ3) is 8.93. The van der Waals surface area contributed by atoms with Crippen LogP contribution >= 0.6 is 0 Å². The first-order valence-electron chi connectivity index (χ1n) is 35.0. The molecule has 17 aromatic carbocycles. The van der Waals surface area contributed by atoms with Crippen molar-refractivity contribution in [2.75, 3.05) is 9.80 Å². The van der Waals surface area contributed by atoms with Crippen LogP contribution in [-0.4, -0.2) is 11.3 Å². The summed E-state index contributed by atoms with van der Waals surface area (Å²) in [7, 11) is 0. The summed E-state index contributed by atoms with van der Waals surface area (Å²) in [4.78, 5) is 5.42. The van der Waals surface area contributed by atoms with Crippen molar-refractivity contribution < 1.29 is 0 Å². The second-order valence-electron chi connectivity index (χ2n) is 28.3. The van der Waals surface area contributed by atoms with Crippen molar-refractivity contribution in [3.63, 3.8) is 0 Å². The Morgan fingerprint density at radius 2 is 0.630 bits per heavy atom. The first kappa shape index (κ1) is 57.7. The number of benzene rings is 17. The smallest absolute Gasteiger partial charge is 0.252 e. The van der Waals surface area contributed by atoms with E-state index in [1.807, 2.05) is 0 Å². The lowest BCUT2D eigenvalue weighted by molar-refractivity contribution is 0.590. The number of rotatable bonds is 10. The van der Waals surface area contributed by atoms with Crippen LogP contribution in [0.1, 0.15) is 26.3 Å². The van der Waals surface area contributed by atoms with Crippen molar-refractivity contribution in [1.29, 1.82) is 0 Å². The first-order chi connectivity index (χ1) is 49.3. The first-order valence-corrected chi connectivity index (χ1v) is 35.0. The highest BCUT2D eigenvalue weighted by atomic mass is 15.2. The molecule has 0 aliphatic carbocycles. The van der Waals surface area contributed by atoms with Crippen LogP contribution < -0.4 is 26.2 Å². The summed E-state index contributed by atoms with van der Waals surface area (Å²) in [5.41, 5.74) is 31.2. The molecule has 4 heteroatoms. The van der Waals surface area contributed by atoms with E-state index >= 15 is 0 Å². The predicted octanol–water partition coefficient (Wildman–Crippen LogP) is 24.2. The monoisotopic (exact) mass is 1270 g/mol. The van der Waals surface area contributed by atoms with Gasteiger partial charge in [-0.15, -0.1) is 0 Å². The van der Waals surface area contributed by atoms with Gasteiger partial charge < -0.3 is 14.4 Å². The summed E-state index contributed by atoms with van der Waals surface area (Å²) in [6.45, 7) is 6.96. The minimum absolute atomic E-state index is 0.212. The zero-order valence-corrected chi connectivity index (χ0v) is 55.8. The molecule has 468 valence electrons. The maximum absolute atomic E-state index is 2.71. The number of fused-ring (bicyclic) bond motifs is 5. The minimum atomic E-state index is -0.317. The zero-order chi connectivity index (χ0) is 66.3. The molecule has 0 amide bonds. The molecule has 0 radical (unpaired) electrons. The summed E-state index contributed by atoms with van der Waals surface area (Å²) in [5.74, 6) is 0. The number of aromatic nitrogens is 1. The molecule has 18 aromatic rings. The Bertz CT molecular complexity index is 5990. The Balaban J connectivity index is 0.933. The molecular formula is C96H66BN3.